The summed E-state index contributed by atoms with van der Waals surface area (Å²) in [5.41, 5.74) is 0.588. The molecule has 0 radical (unpaired) electrons. The lowest BCUT2D eigenvalue weighted by molar-refractivity contribution is -0.385. The lowest BCUT2D eigenvalue weighted by atomic mass is 10.1. The number of carbonyl (C=O) groups excluding carboxylic acids is 1. The third-order valence-electron chi connectivity index (χ3n) is 1.62. The predicted molar refractivity (Wildman–Crippen MR) is 53.5 cm³/mol. The second-order valence-corrected chi connectivity index (χ2v) is 2.93. The molecule has 0 bridgehead atoms. The van der Waals surface area contributed by atoms with Crippen molar-refractivity contribution in [3.63, 3.8) is 0 Å². The van der Waals surface area contributed by atoms with Gasteiger partial charge in [0.2, 0.25) is 6.08 Å². The summed E-state index contributed by atoms with van der Waals surface area (Å²) in [4.78, 5) is 23.5. The molecule has 1 aromatic rings. The average molecular weight is 257 g/mol. The summed E-state index contributed by atoms with van der Waals surface area (Å²) >= 11 is 3.10. The fourth-order valence-corrected chi connectivity index (χ4v) is 1.60. The van der Waals surface area contributed by atoms with Gasteiger partial charge in [0.15, 0.2) is 0 Å². The molecule has 0 aliphatic rings. The van der Waals surface area contributed by atoms with Crippen LogP contribution in [0.2, 0.25) is 0 Å². The van der Waals surface area contributed by atoms with Crippen LogP contribution in [0.5, 0.6) is 0 Å². The molecular formula is C8H5BrN2O3. The molecule has 0 saturated heterocycles. The first-order valence-electron chi connectivity index (χ1n) is 3.60. The van der Waals surface area contributed by atoms with Crippen molar-refractivity contribution in [2.45, 2.75) is 5.33 Å². The SMILES string of the molecule is O=C=Nc1cccc([N+](=O)[O-])c1CBr. The molecular weight excluding hydrogens is 252 g/mol. The van der Waals surface area contributed by atoms with Gasteiger partial charge in [0, 0.05) is 11.4 Å². The molecule has 0 amide bonds. The maximum absolute atomic E-state index is 10.6. The minimum atomic E-state index is -0.513. The Morgan fingerprint density at radius 2 is 2.29 bits per heavy atom. The van der Waals surface area contributed by atoms with Gasteiger partial charge in [-0.3, -0.25) is 10.1 Å². The van der Waals surface area contributed by atoms with E-state index in [-0.39, 0.29) is 16.7 Å². The monoisotopic (exact) mass is 256 g/mol. The molecule has 0 aromatic heterocycles. The van der Waals surface area contributed by atoms with E-state index >= 15 is 0 Å². The van der Waals surface area contributed by atoms with E-state index in [0.29, 0.717) is 5.56 Å². The fraction of sp³-hybridized carbons (Fsp3) is 0.125. The summed E-state index contributed by atoms with van der Waals surface area (Å²) in [5, 5.41) is 10.9. The summed E-state index contributed by atoms with van der Waals surface area (Å²) in [5.74, 6) is 0. The van der Waals surface area contributed by atoms with Crippen LogP contribution < -0.4 is 0 Å². The zero-order valence-corrected chi connectivity index (χ0v) is 8.52. The van der Waals surface area contributed by atoms with Gasteiger partial charge in [0.05, 0.1) is 16.2 Å². The number of nitro groups is 1. The van der Waals surface area contributed by atoms with E-state index in [1.165, 1.54) is 24.3 Å². The van der Waals surface area contributed by atoms with Gasteiger partial charge in [0.1, 0.15) is 0 Å². The van der Waals surface area contributed by atoms with Gasteiger partial charge in [-0.25, -0.2) is 4.79 Å². The molecule has 0 unspecified atom stereocenters. The Bertz CT molecular complexity index is 393. The average Bonchev–Trinajstić information content (AvgIpc) is 2.18. The lowest BCUT2D eigenvalue weighted by Gasteiger charge is -2.00. The number of nitro benzene ring substituents is 1. The Labute approximate surface area is 87.7 Å². The summed E-state index contributed by atoms with van der Waals surface area (Å²) in [7, 11) is 0. The van der Waals surface area contributed by atoms with Crippen molar-refractivity contribution in [2.75, 3.05) is 0 Å². The largest absolute Gasteiger partial charge is 0.275 e. The van der Waals surface area contributed by atoms with Crippen LogP contribution in [0, 0.1) is 10.1 Å². The second kappa shape index (κ2) is 4.64. The number of halogens is 1. The topological polar surface area (TPSA) is 72.6 Å². The third kappa shape index (κ3) is 2.04. The predicted octanol–water partition coefficient (Wildman–Crippen LogP) is 2.46. The summed E-state index contributed by atoms with van der Waals surface area (Å²) in [6, 6.07) is 4.36. The van der Waals surface area contributed by atoms with Crippen LogP contribution >= 0.6 is 15.9 Å². The Morgan fingerprint density at radius 1 is 1.57 bits per heavy atom. The number of aliphatic imine (C=N–C) groups is 1. The van der Waals surface area contributed by atoms with Gasteiger partial charge in [0.25, 0.3) is 5.69 Å². The molecule has 0 aliphatic heterocycles. The van der Waals surface area contributed by atoms with Crippen molar-refractivity contribution >= 4 is 33.4 Å². The van der Waals surface area contributed by atoms with Crippen LogP contribution in [0.1, 0.15) is 5.56 Å². The lowest BCUT2D eigenvalue weighted by Crippen LogP contribution is -1.93. The number of hydrogen-bond acceptors (Lipinski definition) is 4. The highest BCUT2D eigenvalue weighted by Gasteiger charge is 2.15. The van der Waals surface area contributed by atoms with E-state index in [1.54, 1.807) is 0 Å². The molecule has 0 spiro atoms. The minimum Gasteiger partial charge on any atom is -0.258 e. The van der Waals surface area contributed by atoms with Crippen LogP contribution in [-0.4, -0.2) is 11.0 Å². The Balaban J connectivity index is 3.39. The molecule has 0 fully saturated rings. The molecule has 72 valence electrons. The zero-order valence-electron chi connectivity index (χ0n) is 6.94. The van der Waals surface area contributed by atoms with Crippen molar-refractivity contribution in [2.24, 2.45) is 4.99 Å². The fourth-order valence-electron chi connectivity index (χ4n) is 1.02. The number of alkyl halides is 1. The maximum Gasteiger partial charge on any atom is 0.275 e. The first-order chi connectivity index (χ1) is 6.70. The number of nitrogens with zero attached hydrogens (tertiary/aromatic N) is 2. The Hall–Kier alpha value is -1.52. The molecule has 0 atom stereocenters. The molecule has 1 rings (SSSR count). The van der Waals surface area contributed by atoms with E-state index in [1.807, 2.05) is 0 Å². The second-order valence-electron chi connectivity index (χ2n) is 2.37. The smallest absolute Gasteiger partial charge is 0.258 e. The van der Waals surface area contributed by atoms with Crippen molar-refractivity contribution in [1.82, 2.24) is 0 Å². The van der Waals surface area contributed by atoms with E-state index in [4.69, 9.17) is 0 Å². The molecule has 0 saturated carbocycles. The molecule has 6 heteroatoms. The van der Waals surface area contributed by atoms with Crippen LogP contribution in [0.25, 0.3) is 0 Å². The van der Waals surface area contributed by atoms with E-state index in [2.05, 4.69) is 20.9 Å². The number of benzene rings is 1. The van der Waals surface area contributed by atoms with Gasteiger partial charge < -0.3 is 0 Å². The molecule has 1 aromatic carbocycles. The van der Waals surface area contributed by atoms with Gasteiger partial charge >= 0.3 is 0 Å². The van der Waals surface area contributed by atoms with Crippen molar-refractivity contribution in [3.8, 4) is 0 Å². The minimum absolute atomic E-state index is 0.0571. The van der Waals surface area contributed by atoms with Crippen LogP contribution in [0.4, 0.5) is 11.4 Å². The molecule has 0 aliphatic carbocycles. The standard InChI is InChI=1S/C8H5BrN2O3/c9-4-6-7(10-5-12)2-1-3-8(6)11(13)14/h1-3H,4H2. The molecule has 0 N–H and O–H groups in total. The zero-order chi connectivity index (χ0) is 10.6. The number of isocyanates is 1. The van der Waals surface area contributed by atoms with Crippen molar-refractivity contribution in [3.05, 3.63) is 33.9 Å². The van der Waals surface area contributed by atoms with Crippen molar-refractivity contribution in [1.29, 1.82) is 0 Å². The van der Waals surface area contributed by atoms with Gasteiger partial charge in [-0.05, 0) is 6.07 Å². The van der Waals surface area contributed by atoms with E-state index < -0.39 is 4.92 Å². The maximum atomic E-state index is 10.6. The normalized spacial score (nSPS) is 9.21. The first kappa shape index (κ1) is 10.6. The number of rotatable bonds is 3. The van der Waals surface area contributed by atoms with Crippen molar-refractivity contribution < 1.29 is 9.72 Å². The van der Waals surface area contributed by atoms with Crippen LogP contribution in [-0.2, 0) is 10.1 Å². The molecule has 0 heterocycles. The highest BCUT2D eigenvalue weighted by atomic mass is 79.9. The quantitative estimate of drug-likeness (QED) is 0.274. The van der Waals surface area contributed by atoms with E-state index in [0.717, 1.165) is 0 Å². The first-order valence-corrected chi connectivity index (χ1v) is 4.73. The third-order valence-corrected chi connectivity index (χ3v) is 2.18. The van der Waals surface area contributed by atoms with E-state index in [9.17, 15) is 14.9 Å². The summed E-state index contributed by atoms with van der Waals surface area (Å²) < 4.78 is 0. The summed E-state index contributed by atoms with van der Waals surface area (Å²) in [6.45, 7) is 0. The highest BCUT2D eigenvalue weighted by molar-refractivity contribution is 9.08. The highest BCUT2D eigenvalue weighted by Crippen LogP contribution is 2.29. The Kier molecular flexibility index (Phi) is 3.50. The van der Waals surface area contributed by atoms with Crippen LogP contribution in [0.3, 0.4) is 0 Å². The van der Waals surface area contributed by atoms with Crippen LogP contribution in [0.15, 0.2) is 23.2 Å². The van der Waals surface area contributed by atoms with Gasteiger partial charge in [-0.1, -0.05) is 22.0 Å². The van der Waals surface area contributed by atoms with Gasteiger partial charge in [-0.2, -0.15) is 4.99 Å². The number of hydrogen-bond donors (Lipinski definition) is 0. The van der Waals surface area contributed by atoms with Gasteiger partial charge in [-0.15, -0.1) is 0 Å². The molecule has 5 nitrogen and oxygen atoms in total. The Morgan fingerprint density at radius 3 is 2.79 bits per heavy atom. The molecule has 14 heavy (non-hydrogen) atoms. The summed E-state index contributed by atoms with van der Waals surface area (Å²) in [6.07, 6.45) is 1.36.